The van der Waals surface area contributed by atoms with Crippen molar-refractivity contribution in [3.63, 3.8) is 0 Å². The molecule has 1 rings (SSSR count). The Labute approximate surface area is 101 Å². The Morgan fingerprint density at radius 2 is 1.81 bits per heavy atom. The molecule has 0 N–H and O–H groups in total. The molecule has 0 bridgehead atoms. The molecule has 0 aliphatic heterocycles. The first kappa shape index (κ1) is 13.2. The fraction of sp³-hybridized carbons (Fsp3) is 0.273. The number of halogens is 1. The zero-order valence-electron chi connectivity index (χ0n) is 9.22. The molecule has 1 aromatic carbocycles. The van der Waals surface area contributed by atoms with Gasteiger partial charge in [-0.15, -0.1) is 11.6 Å². The molecule has 0 heterocycles. The number of benzene rings is 1. The molecular weight excluding hydrogens is 246 g/mol. The van der Waals surface area contributed by atoms with E-state index in [-0.39, 0.29) is 0 Å². The van der Waals surface area contributed by atoms with E-state index < -0.39 is 10.0 Å². The quantitative estimate of drug-likeness (QED) is 0.778. The third-order valence-electron chi connectivity index (χ3n) is 2.06. The largest absolute Gasteiger partial charge is 0.242 e. The maximum atomic E-state index is 11.7. The summed E-state index contributed by atoms with van der Waals surface area (Å²) in [5, 5.41) is 0. The Hall–Kier alpha value is -0.840. The van der Waals surface area contributed by atoms with Gasteiger partial charge in [0.15, 0.2) is 0 Å². The summed E-state index contributed by atoms with van der Waals surface area (Å²) < 4.78 is 24.7. The fourth-order valence-corrected chi connectivity index (χ4v) is 2.13. The minimum absolute atomic E-state index is 0.292. The van der Waals surface area contributed by atoms with Gasteiger partial charge in [-0.25, -0.2) is 12.7 Å². The second-order valence-electron chi connectivity index (χ2n) is 3.41. The molecule has 0 atom stereocenters. The highest BCUT2D eigenvalue weighted by atomic mass is 35.5. The van der Waals surface area contributed by atoms with Crippen LogP contribution in [0, 0.1) is 0 Å². The van der Waals surface area contributed by atoms with Crippen LogP contribution >= 0.6 is 11.6 Å². The number of allylic oxidation sites excluding steroid dienone is 1. The van der Waals surface area contributed by atoms with E-state index in [2.05, 4.69) is 0 Å². The maximum absolute atomic E-state index is 11.7. The lowest BCUT2D eigenvalue weighted by atomic mass is 10.2. The molecule has 0 spiro atoms. The van der Waals surface area contributed by atoms with Crippen LogP contribution < -0.4 is 0 Å². The SMILES string of the molecule is CN(C)S(=O)(=O)c1ccc(/C=C/CCl)cc1. The lowest BCUT2D eigenvalue weighted by molar-refractivity contribution is 0.521. The van der Waals surface area contributed by atoms with Crippen LogP contribution in [0.5, 0.6) is 0 Å². The highest BCUT2D eigenvalue weighted by Gasteiger charge is 2.15. The smallest absolute Gasteiger partial charge is 0.207 e. The summed E-state index contributed by atoms with van der Waals surface area (Å²) in [5.41, 5.74) is 0.929. The molecular formula is C11H14ClNO2S. The van der Waals surface area contributed by atoms with Crippen molar-refractivity contribution < 1.29 is 8.42 Å². The first-order chi connectivity index (χ1) is 7.48. The molecule has 5 heteroatoms. The van der Waals surface area contributed by atoms with E-state index in [1.54, 1.807) is 30.3 Å². The van der Waals surface area contributed by atoms with Gasteiger partial charge in [-0.05, 0) is 17.7 Å². The molecule has 0 saturated heterocycles. The van der Waals surface area contributed by atoms with E-state index in [4.69, 9.17) is 11.6 Å². The average Bonchev–Trinajstić information content (AvgIpc) is 2.26. The van der Waals surface area contributed by atoms with Gasteiger partial charge < -0.3 is 0 Å². The van der Waals surface area contributed by atoms with Crippen molar-refractivity contribution >= 4 is 27.7 Å². The lowest BCUT2D eigenvalue weighted by Crippen LogP contribution is -2.22. The second-order valence-corrected chi connectivity index (χ2v) is 5.87. The number of alkyl halides is 1. The predicted molar refractivity (Wildman–Crippen MR) is 67.1 cm³/mol. The summed E-state index contributed by atoms with van der Waals surface area (Å²) in [6.07, 6.45) is 3.65. The van der Waals surface area contributed by atoms with Crippen molar-refractivity contribution in [3.8, 4) is 0 Å². The minimum atomic E-state index is -3.33. The number of rotatable bonds is 4. The molecule has 0 radical (unpaired) electrons. The Bertz CT molecular complexity index is 463. The molecule has 0 aliphatic carbocycles. The van der Waals surface area contributed by atoms with Gasteiger partial charge in [0.1, 0.15) is 0 Å². The zero-order chi connectivity index (χ0) is 12.2. The molecule has 3 nitrogen and oxygen atoms in total. The van der Waals surface area contributed by atoms with Crippen molar-refractivity contribution in [1.29, 1.82) is 0 Å². The lowest BCUT2D eigenvalue weighted by Gasteiger charge is -2.10. The molecule has 0 amide bonds. The summed E-state index contributed by atoms with van der Waals surface area (Å²) in [6.45, 7) is 0. The monoisotopic (exact) mass is 259 g/mol. The van der Waals surface area contributed by atoms with Crippen molar-refractivity contribution in [2.24, 2.45) is 0 Å². The van der Waals surface area contributed by atoms with E-state index in [0.29, 0.717) is 10.8 Å². The van der Waals surface area contributed by atoms with Crippen LogP contribution in [0.4, 0.5) is 0 Å². The highest BCUT2D eigenvalue weighted by molar-refractivity contribution is 7.89. The number of nitrogens with zero attached hydrogens (tertiary/aromatic N) is 1. The van der Waals surface area contributed by atoms with Crippen LogP contribution in [0.25, 0.3) is 6.08 Å². The van der Waals surface area contributed by atoms with Crippen LogP contribution in [0.1, 0.15) is 5.56 Å². The van der Waals surface area contributed by atoms with Crippen LogP contribution in [0.15, 0.2) is 35.2 Å². The average molecular weight is 260 g/mol. The first-order valence-electron chi connectivity index (χ1n) is 4.73. The normalized spacial score (nSPS) is 12.5. The van der Waals surface area contributed by atoms with Gasteiger partial charge in [0.25, 0.3) is 0 Å². The molecule has 0 aliphatic rings. The second kappa shape index (κ2) is 5.48. The molecule has 0 aromatic heterocycles. The standard InChI is InChI=1S/C11H14ClNO2S/c1-13(2)16(14,15)11-7-5-10(6-8-11)4-3-9-12/h3-8H,9H2,1-2H3/b4-3+. The molecule has 0 saturated carbocycles. The topological polar surface area (TPSA) is 37.4 Å². The van der Waals surface area contributed by atoms with Gasteiger partial charge in [-0.1, -0.05) is 24.3 Å². The molecule has 1 aromatic rings. The Morgan fingerprint density at radius 3 is 2.25 bits per heavy atom. The van der Waals surface area contributed by atoms with E-state index in [9.17, 15) is 8.42 Å². The van der Waals surface area contributed by atoms with Gasteiger partial charge in [0.2, 0.25) is 10.0 Å². The van der Waals surface area contributed by atoms with Gasteiger partial charge in [-0.3, -0.25) is 0 Å². The van der Waals surface area contributed by atoms with Crippen molar-refractivity contribution in [3.05, 3.63) is 35.9 Å². The number of hydrogen-bond acceptors (Lipinski definition) is 2. The summed E-state index contributed by atoms with van der Waals surface area (Å²) in [5.74, 6) is 0.442. The highest BCUT2D eigenvalue weighted by Crippen LogP contribution is 2.14. The summed E-state index contributed by atoms with van der Waals surface area (Å²) in [6, 6.07) is 6.67. The maximum Gasteiger partial charge on any atom is 0.242 e. The van der Waals surface area contributed by atoms with Crippen LogP contribution in [0.2, 0.25) is 0 Å². The van der Waals surface area contributed by atoms with Crippen LogP contribution in [-0.2, 0) is 10.0 Å². The first-order valence-corrected chi connectivity index (χ1v) is 6.71. The molecule has 88 valence electrons. The number of hydrogen-bond donors (Lipinski definition) is 0. The fourth-order valence-electron chi connectivity index (χ4n) is 1.14. The van der Waals surface area contributed by atoms with Gasteiger partial charge in [0.05, 0.1) is 4.90 Å². The summed E-state index contributed by atoms with van der Waals surface area (Å²) in [4.78, 5) is 0.292. The van der Waals surface area contributed by atoms with Crippen LogP contribution in [0.3, 0.4) is 0 Å². The summed E-state index contributed by atoms with van der Waals surface area (Å²) >= 11 is 5.51. The Morgan fingerprint density at radius 1 is 1.25 bits per heavy atom. The minimum Gasteiger partial charge on any atom is -0.207 e. The Balaban J connectivity index is 3.00. The third-order valence-corrected chi connectivity index (χ3v) is 4.07. The van der Waals surface area contributed by atoms with Gasteiger partial charge in [-0.2, -0.15) is 0 Å². The zero-order valence-corrected chi connectivity index (χ0v) is 10.8. The molecule has 0 fully saturated rings. The van der Waals surface area contributed by atoms with E-state index in [1.165, 1.54) is 18.4 Å². The van der Waals surface area contributed by atoms with Crippen molar-refractivity contribution in [1.82, 2.24) is 4.31 Å². The predicted octanol–water partition coefficient (Wildman–Crippen LogP) is 2.19. The van der Waals surface area contributed by atoms with Gasteiger partial charge >= 0.3 is 0 Å². The van der Waals surface area contributed by atoms with E-state index in [0.717, 1.165) is 5.56 Å². The van der Waals surface area contributed by atoms with Crippen molar-refractivity contribution in [2.75, 3.05) is 20.0 Å². The van der Waals surface area contributed by atoms with Crippen LogP contribution in [-0.4, -0.2) is 32.7 Å². The van der Waals surface area contributed by atoms with E-state index >= 15 is 0 Å². The van der Waals surface area contributed by atoms with Crippen molar-refractivity contribution in [2.45, 2.75) is 4.90 Å². The third kappa shape index (κ3) is 3.07. The molecule has 0 unspecified atom stereocenters. The number of sulfonamides is 1. The van der Waals surface area contributed by atoms with E-state index in [1.807, 2.05) is 6.08 Å². The van der Waals surface area contributed by atoms with Gasteiger partial charge in [0, 0.05) is 20.0 Å². The molecule has 16 heavy (non-hydrogen) atoms. The Kier molecular flexibility index (Phi) is 4.53. The summed E-state index contributed by atoms with van der Waals surface area (Å²) in [7, 11) is -0.310.